The summed E-state index contributed by atoms with van der Waals surface area (Å²) >= 11 is 0. The first-order valence-corrected chi connectivity index (χ1v) is 15.6. The van der Waals surface area contributed by atoms with Crippen LogP contribution in [0.1, 0.15) is 31.9 Å². The molecular formula is C28H39N3O4Si. The van der Waals surface area contributed by atoms with Gasteiger partial charge in [0.25, 0.3) is 5.56 Å². The average Bonchev–Trinajstić information content (AvgIpc) is 2.82. The Balaban J connectivity index is 1.51. The molecule has 2 heterocycles. The molecule has 194 valence electrons. The van der Waals surface area contributed by atoms with Crippen molar-refractivity contribution in [3.05, 3.63) is 51.8 Å². The number of rotatable bonds is 7. The van der Waals surface area contributed by atoms with Crippen molar-refractivity contribution in [1.82, 2.24) is 9.97 Å². The van der Waals surface area contributed by atoms with Gasteiger partial charge in [-0.3, -0.25) is 4.79 Å². The number of anilines is 1. The molecule has 1 aliphatic heterocycles. The number of nitrogens with one attached hydrogen (secondary N) is 1. The van der Waals surface area contributed by atoms with Crippen molar-refractivity contribution >= 4 is 24.9 Å². The van der Waals surface area contributed by atoms with Crippen LogP contribution in [-0.4, -0.2) is 57.8 Å². The molecule has 1 N–H and O–H groups in total. The third kappa shape index (κ3) is 5.66. The number of hydrogen-bond acceptors (Lipinski definition) is 6. The van der Waals surface area contributed by atoms with Crippen molar-refractivity contribution < 1.29 is 13.9 Å². The van der Waals surface area contributed by atoms with Gasteiger partial charge in [-0.25, -0.2) is 4.98 Å². The molecule has 4 rings (SSSR count). The molecule has 36 heavy (non-hydrogen) atoms. The van der Waals surface area contributed by atoms with E-state index in [2.05, 4.69) is 43.7 Å². The average molecular weight is 510 g/mol. The summed E-state index contributed by atoms with van der Waals surface area (Å²) in [4.78, 5) is 23.0. The second-order valence-electron chi connectivity index (χ2n) is 11.1. The van der Waals surface area contributed by atoms with E-state index in [0.717, 1.165) is 41.2 Å². The van der Waals surface area contributed by atoms with Crippen LogP contribution in [-0.2, 0) is 9.16 Å². The molecule has 3 aromatic rings. The Hall–Kier alpha value is -2.68. The minimum Gasteiger partial charge on any atom is -0.491 e. The fourth-order valence-corrected chi connectivity index (χ4v) is 5.28. The predicted octanol–water partition coefficient (Wildman–Crippen LogP) is 5.44. The van der Waals surface area contributed by atoms with E-state index in [1.54, 1.807) is 0 Å². The SMILES string of the molecule is Cc1cc(-c2nc3ccc(N4CCOCC4)cc3c(=O)[nH]2)cc(C)c1OCCO[Si](C)(C)C(C)(C)C. The van der Waals surface area contributed by atoms with E-state index in [9.17, 15) is 4.79 Å². The van der Waals surface area contributed by atoms with E-state index in [4.69, 9.17) is 18.9 Å². The molecule has 1 fully saturated rings. The molecular weight excluding hydrogens is 470 g/mol. The number of aromatic amines is 1. The van der Waals surface area contributed by atoms with Crippen LogP contribution < -0.4 is 15.2 Å². The van der Waals surface area contributed by atoms with Crippen molar-refractivity contribution in [2.75, 3.05) is 44.4 Å². The molecule has 2 aromatic carbocycles. The number of H-pyrrole nitrogens is 1. The smallest absolute Gasteiger partial charge is 0.259 e. The molecule has 0 unspecified atom stereocenters. The van der Waals surface area contributed by atoms with E-state index < -0.39 is 8.32 Å². The maximum Gasteiger partial charge on any atom is 0.259 e. The summed E-state index contributed by atoms with van der Waals surface area (Å²) in [5.41, 5.74) is 4.45. The molecule has 1 saturated heterocycles. The van der Waals surface area contributed by atoms with Gasteiger partial charge in [-0.15, -0.1) is 0 Å². The van der Waals surface area contributed by atoms with E-state index >= 15 is 0 Å². The Morgan fingerprint density at radius 3 is 2.36 bits per heavy atom. The van der Waals surface area contributed by atoms with Gasteiger partial charge in [-0.1, -0.05) is 20.8 Å². The normalized spacial score (nSPS) is 14.9. The van der Waals surface area contributed by atoms with Crippen molar-refractivity contribution in [1.29, 1.82) is 0 Å². The van der Waals surface area contributed by atoms with Crippen LogP contribution in [0.2, 0.25) is 18.1 Å². The Morgan fingerprint density at radius 1 is 1.06 bits per heavy atom. The van der Waals surface area contributed by atoms with Crippen molar-refractivity contribution in [3.8, 4) is 17.1 Å². The lowest BCUT2D eigenvalue weighted by Gasteiger charge is -2.36. The molecule has 0 aliphatic carbocycles. The number of hydrogen-bond donors (Lipinski definition) is 1. The first kappa shape index (κ1) is 26.4. The van der Waals surface area contributed by atoms with Gasteiger partial charge >= 0.3 is 0 Å². The highest BCUT2D eigenvalue weighted by Crippen LogP contribution is 2.36. The minimum atomic E-state index is -1.80. The van der Waals surface area contributed by atoms with Crippen molar-refractivity contribution in [2.45, 2.75) is 52.8 Å². The summed E-state index contributed by atoms with van der Waals surface area (Å²) in [6.45, 7) is 19.4. The second kappa shape index (κ2) is 10.4. The van der Waals surface area contributed by atoms with Gasteiger partial charge < -0.3 is 23.8 Å². The van der Waals surface area contributed by atoms with Gasteiger partial charge in [0.2, 0.25) is 0 Å². The van der Waals surface area contributed by atoms with E-state index in [1.165, 1.54) is 0 Å². The van der Waals surface area contributed by atoms with Gasteiger partial charge in [-0.2, -0.15) is 0 Å². The summed E-state index contributed by atoms with van der Waals surface area (Å²) < 4.78 is 17.8. The van der Waals surface area contributed by atoms with Crippen LogP contribution in [0.25, 0.3) is 22.3 Å². The molecule has 0 atom stereocenters. The molecule has 0 bridgehead atoms. The number of ether oxygens (including phenoxy) is 2. The van der Waals surface area contributed by atoms with E-state index in [-0.39, 0.29) is 10.6 Å². The Labute approximate surface area is 214 Å². The topological polar surface area (TPSA) is 76.7 Å². The first-order valence-electron chi connectivity index (χ1n) is 12.7. The van der Waals surface area contributed by atoms with Gasteiger partial charge in [0.05, 0.1) is 30.7 Å². The molecule has 1 aromatic heterocycles. The predicted molar refractivity (Wildman–Crippen MR) is 149 cm³/mol. The van der Waals surface area contributed by atoms with Crippen LogP contribution in [0.4, 0.5) is 5.69 Å². The second-order valence-corrected chi connectivity index (χ2v) is 15.9. The van der Waals surface area contributed by atoms with E-state index in [0.29, 0.717) is 43.2 Å². The number of morpholine rings is 1. The van der Waals surface area contributed by atoms with Crippen LogP contribution in [0, 0.1) is 13.8 Å². The molecule has 0 radical (unpaired) electrons. The van der Waals surface area contributed by atoms with Crippen LogP contribution in [0.15, 0.2) is 35.1 Å². The Kier molecular flexibility index (Phi) is 7.59. The summed E-state index contributed by atoms with van der Waals surface area (Å²) in [5, 5.41) is 0.770. The number of aryl methyl sites for hydroxylation is 2. The van der Waals surface area contributed by atoms with E-state index in [1.807, 2.05) is 44.2 Å². The van der Waals surface area contributed by atoms with Crippen LogP contribution in [0.3, 0.4) is 0 Å². The number of aromatic nitrogens is 2. The lowest BCUT2D eigenvalue weighted by molar-refractivity contribution is 0.122. The highest BCUT2D eigenvalue weighted by Gasteiger charge is 2.36. The number of fused-ring (bicyclic) bond motifs is 1. The number of nitrogens with zero attached hydrogens (tertiary/aromatic N) is 2. The van der Waals surface area contributed by atoms with Crippen molar-refractivity contribution in [3.63, 3.8) is 0 Å². The quantitative estimate of drug-likeness (QED) is 0.337. The van der Waals surface area contributed by atoms with Crippen LogP contribution >= 0.6 is 0 Å². The molecule has 1 aliphatic rings. The molecule has 0 spiro atoms. The highest BCUT2D eigenvalue weighted by molar-refractivity contribution is 6.74. The fourth-order valence-electron chi connectivity index (χ4n) is 4.25. The van der Waals surface area contributed by atoms with Gasteiger partial charge in [-0.05, 0) is 73.4 Å². The largest absolute Gasteiger partial charge is 0.491 e. The fraction of sp³-hybridized carbons (Fsp3) is 0.500. The molecule has 0 saturated carbocycles. The standard InChI is InChI=1S/C28H39N3O4Si/c1-19-16-21(17-20(2)25(19)34-14-15-35-36(6,7)28(3,4)5)26-29-24-9-8-22(18-23(24)27(32)30-26)31-10-12-33-13-11-31/h8-9,16-18H,10-15H2,1-7H3,(H,29,30,32). The summed E-state index contributed by atoms with van der Waals surface area (Å²) in [6, 6.07) is 9.92. The monoisotopic (exact) mass is 509 g/mol. The highest BCUT2D eigenvalue weighted by atomic mass is 28.4. The van der Waals surface area contributed by atoms with Gasteiger partial charge in [0.15, 0.2) is 8.32 Å². The number of benzene rings is 2. The third-order valence-electron chi connectivity index (χ3n) is 7.40. The minimum absolute atomic E-state index is 0.136. The first-order chi connectivity index (χ1) is 17.0. The zero-order valence-corrected chi connectivity index (χ0v) is 23.7. The third-order valence-corrected chi connectivity index (χ3v) is 11.9. The van der Waals surface area contributed by atoms with Gasteiger partial charge in [0.1, 0.15) is 18.2 Å². The summed E-state index contributed by atoms with van der Waals surface area (Å²) in [6.07, 6.45) is 0. The maximum atomic E-state index is 13.0. The van der Waals surface area contributed by atoms with Gasteiger partial charge in [0, 0.05) is 24.3 Å². The molecule has 7 nitrogen and oxygen atoms in total. The van der Waals surface area contributed by atoms with Crippen molar-refractivity contribution in [2.24, 2.45) is 0 Å². The van der Waals surface area contributed by atoms with Crippen LogP contribution in [0.5, 0.6) is 5.75 Å². The Morgan fingerprint density at radius 2 is 1.72 bits per heavy atom. The Bertz CT molecular complexity index is 1270. The molecule has 8 heteroatoms. The molecule has 0 amide bonds. The maximum absolute atomic E-state index is 13.0. The lowest BCUT2D eigenvalue weighted by atomic mass is 10.0. The summed E-state index contributed by atoms with van der Waals surface area (Å²) in [7, 11) is -1.80. The zero-order valence-electron chi connectivity index (χ0n) is 22.7. The summed E-state index contributed by atoms with van der Waals surface area (Å²) in [5.74, 6) is 1.42. The zero-order chi connectivity index (χ0) is 26.1. The lowest BCUT2D eigenvalue weighted by Crippen LogP contribution is -2.41.